The Labute approximate surface area is 125 Å². The SMILES string of the molecule is CCc1ccc(CNC(C)c2ccc3c(c2)OCO3)cc1. The number of hydrogen-bond donors (Lipinski definition) is 1. The van der Waals surface area contributed by atoms with E-state index in [2.05, 4.69) is 55.6 Å². The molecule has 1 atom stereocenters. The van der Waals surface area contributed by atoms with E-state index in [0.717, 1.165) is 24.5 Å². The van der Waals surface area contributed by atoms with Gasteiger partial charge in [-0.15, -0.1) is 0 Å². The molecular formula is C18H21NO2. The number of benzene rings is 2. The average molecular weight is 283 g/mol. The number of fused-ring (bicyclic) bond motifs is 1. The molecule has 3 rings (SSSR count). The quantitative estimate of drug-likeness (QED) is 0.904. The van der Waals surface area contributed by atoms with Gasteiger partial charge in [0, 0.05) is 12.6 Å². The molecule has 0 saturated heterocycles. The van der Waals surface area contributed by atoms with Crippen molar-refractivity contribution in [3.05, 3.63) is 59.2 Å². The largest absolute Gasteiger partial charge is 0.454 e. The maximum absolute atomic E-state index is 5.43. The first-order valence-corrected chi connectivity index (χ1v) is 7.47. The lowest BCUT2D eigenvalue weighted by Crippen LogP contribution is -2.18. The van der Waals surface area contributed by atoms with Crippen LogP contribution in [-0.2, 0) is 13.0 Å². The zero-order valence-electron chi connectivity index (χ0n) is 12.6. The summed E-state index contributed by atoms with van der Waals surface area (Å²) in [7, 11) is 0. The van der Waals surface area contributed by atoms with Gasteiger partial charge < -0.3 is 14.8 Å². The molecule has 1 unspecified atom stereocenters. The van der Waals surface area contributed by atoms with Crippen LogP contribution in [0.3, 0.4) is 0 Å². The Morgan fingerprint density at radius 2 is 1.71 bits per heavy atom. The summed E-state index contributed by atoms with van der Waals surface area (Å²) in [6, 6.07) is 15.2. The molecule has 1 heterocycles. The minimum absolute atomic E-state index is 0.269. The monoisotopic (exact) mass is 283 g/mol. The Balaban J connectivity index is 1.61. The van der Waals surface area contributed by atoms with Gasteiger partial charge in [0.2, 0.25) is 6.79 Å². The van der Waals surface area contributed by atoms with Gasteiger partial charge in [0.15, 0.2) is 11.5 Å². The van der Waals surface area contributed by atoms with Gasteiger partial charge in [0.25, 0.3) is 0 Å². The second kappa shape index (κ2) is 6.19. The number of hydrogen-bond acceptors (Lipinski definition) is 3. The summed E-state index contributed by atoms with van der Waals surface area (Å²) in [5.41, 5.74) is 3.90. The summed E-state index contributed by atoms with van der Waals surface area (Å²) in [6.07, 6.45) is 1.08. The van der Waals surface area contributed by atoms with Crippen molar-refractivity contribution in [2.24, 2.45) is 0 Å². The third kappa shape index (κ3) is 3.19. The number of nitrogens with one attached hydrogen (secondary N) is 1. The van der Waals surface area contributed by atoms with Crippen molar-refractivity contribution >= 4 is 0 Å². The molecule has 0 spiro atoms. The maximum atomic E-state index is 5.43. The van der Waals surface area contributed by atoms with Gasteiger partial charge in [0.05, 0.1) is 0 Å². The topological polar surface area (TPSA) is 30.5 Å². The highest BCUT2D eigenvalue weighted by molar-refractivity contribution is 5.45. The fourth-order valence-corrected chi connectivity index (χ4v) is 2.46. The van der Waals surface area contributed by atoms with Crippen molar-refractivity contribution in [3.63, 3.8) is 0 Å². The zero-order valence-corrected chi connectivity index (χ0v) is 12.6. The first-order chi connectivity index (χ1) is 10.3. The smallest absolute Gasteiger partial charge is 0.231 e. The molecule has 3 nitrogen and oxygen atoms in total. The van der Waals surface area contributed by atoms with Crippen LogP contribution in [0.2, 0.25) is 0 Å². The van der Waals surface area contributed by atoms with Crippen LogP contribution in [0.25, 0.3) is 0 Å². The normalized spacial score (nSPS) is 14.2. The third-order valence-corrected chi connectivity index (χ3v) is 3.94. The van der Waals surface area contributed by atoms with Crippen molar-refractivity contribution in [3.8, 4) is 11.5 Å². The van der Waals surface area contributed by atoms with Crippen molar-refractivity contribution in [2.45, 2.75) is 32.9 Å². The number of rotatable bonds is 5. The maximum Gasteiger partial charge on any atom is 0.231 e. The van der Waals surface area contributed by atoms with Gasteiger partial charge in [-0.05, 0) is 42.2 Å². The average Bonchev–Trinajstić information content (AvgIpc) is 3.00. The summed E-state index contributed by atoms with van der Waals surface area (Å²) in [4.78, 5) is 0. The zero-order chi connectivity index (χ0) is 14.7. The molecule has 0 bridgehead atoms. The Morgan fingerprint density at radius 3 is 2.48 bits per heavy atom. The van der Waals surface area contributed by atoms with Crippen LogP contribution in [0.4, 0.5) is 0 Å². The first kappa shape index (κ1) is 14.0. The highest BCUT2D eigenvalue weighted by Gasteiger charge is 2.15. The standard InChI is InChI=1S/C18H21NO2/c1-3-14-4-6-15(7-5-14)11-19-13(2)16-8-9-17-18(10-16)21-12-20-17/h4-10,13,19H,3,11-12H2,1-2H3. The summed E-state index contributed by atoms with van der Waals surface area (Å²) in [5.74, 6) is 1.68. The Bertz CT molecular complexity index is 607. The van der Waals surface area contributed by atoms with Crippen LogP contribution in [0, 0.1) is 0 Å². The lowest BCUT2D eigenvalue weighted by molar-refractivity contribution is 0.174. The molecule has 0 aromatic heterocycles. The molecule has 21 heavy (non-hydrogen) atoms. The highest BCUT2D eigenvalue weighted by atomic mass is 16.7. The first-order valence-electron chi connectivity index (χ1n) is 7.47. The van der Waals surface area contributed by atoms with Crippen molar-refractivity contribution < 1.29 is 9.47 Å². The van der Waals surface area contributed by atoms with Crippen molar-refractivity contribution in [2.75, 3.05) is 6.79 Å². The van der Waals surface area contributed by atoms with E-state index < -0.39 is 0 Å². The van der Waals surface area contributed by atoms with E-state index in [1.165, 1.54) is 16.7 Å². The van der Waals surface area contributed by atoms with Gasteiger partial charge >= 0.3 is 0 Å². The lowest BCUT2D eigenvalue weighted by atomic mass is 10.1. The molecule has 0 saturated carbocycles. The molecule has 1 N–H and O–H groups in total. The Hall–Kier alpha value is -2.00. The van der Waals surface area contributed by atoms with Crippen LogP contribution in [-0.4, -0.2) is 6.79 Å². The van der Waals surface area contributed by atoms with E-state index in [4.69, 9.17) is 9.47 Å². The van der Waals surface area contributed by atoms with E-state index >= 15 is 0 Å². The molecule has 3 heteroatoms. The molecule has 0 amide bonds. The lowest BCUT2D eigenvalue weighted by Gasteiger charge is -2.15. The Kier molecular flexibility index (Phi) is 4.11. The summed E-state index contributed by atoms with van der Waals surface area (Å²) in [5, 5.41) is 3.55. The van der Waals surface area contributed by atoms with Gasteiger partial charge in [0.1, 0.15) is 0 Å². The van der Waals surface area contributed by atoms with Gasteiger partial charge in [-0.25, -0.2) is 0 Å². The molecular weight excluding hydrogens is 262 g/mol. The highest BCUT2D eigenvalue weighted by Crippen LogP contribution is 2.34. The van der Waals surface area contributed by atoms with Crippen LogP contribution in [0.5, 0.6) is 11.5 Å². The van der Waals surface area contributed by atoms with E-state index in [9.17, 15) is 0 Å². The molecule has 1 aliphatic heterocycles. The molecule has 0 radical (unpaired) electrons. The van der Waals surface area contributed by atoms with E-state index in [-0.39, 0.29) is 6.04 Å². The van der Waals surface area contributed by atoms with Crippen LogP contribution < -0.4 is 14.8 Å². The predicted octanol–water partition coefficient (Wildman–Crippen LogP) is 3.83. The Morgan fingerprint density at radius 1 is 1.00 bits per heavy atom. The second-order valence-electron chi connectivity index (χ2n) is 5.39. The molecule has 0 aliphatic carbocycles. The van der Waals surface area contributed by atoms with E-state index in [0.29, 0.717) is 6.79 Å². The second-order valence-corrected chi connectivity index (χ2v) is 5.39. The van der Waals surface area contributed by atoms with E-state index in [1.807, 2.05) is 6.07 Å². The fourth-order valence-electron chi connectivity index (χ4n) is 2.46. The van der Waals surface area contributed by atoms with Gasteiger partial charge in [-0.1, -0.05) is 37.3 Å². The minimum Gasteiger partial charge on any atom is -0.454 e. The summed E-state index contributed by atoms with van der Waals surface area (Å²) < 4.78 is 10.8. The van der Waals surface area contributed by atoms with Crippen LogP contribution >= 0.6 is 0 Å². The predicted molar refractivity (Wildman–Crippen MR) is 83.6 cm³/mol. The van der Waals surface area contributed by atoms with Crippen LogP contribution in [0.15, 0.2) is 42.5 Å². The number of ether oxygens (including phenoxy) is 2. The molecule has 110 valence electrons. The fraction of sp³-hybridized carbons (Fsp3) is 0.333. The molecule has 0 fully saturated rings. The summed E-state index contributed by atoms with van der Waals surface area (Å²) >= 11 is 0. The van der Waals surface area contributed by atoms with Gasteiger partial charge in [-0.2, -0.15) is 0 Å². The molecule has 1 aliphatic rings. The van der Waals surface area contributed by atoms with Gasteiger partial charge in [-0.3, -0.25) is 0 Å². The number of aryl methyl sites for hydroxylation is 1. The third-order valence-electron chi connectivity index (χ3n) is 3.94. The summed E-state index contributed by atoms with van der Waals surface area (Å²) in [6.45, 7) is 5.52. The van der Waals surface area contributed by atoms with Crippen LogP contribution in [0.1, 0.15) is 36.6 Å². The molecule has 2 aromatic carbocycles. The molecule has 2 aromatic rings. The minimum atomic E-state index is 0.269. The van der Waals surface area contributed by atoms with Crippen molar-refractivity contribution in [1.29, 1.82) is 0 Å². The van der Waals surface area contributed by atoms with E-state index in [1.54, 1.807) is 0 Å². The van der Waals surface area contributed by atoms with Crippen molar-refractivity contribution in [1.82, 2.24) is 5.32 Å².